The molecule has 10 heteroatoms. The highest BCUT2D eigenvalue weighted by molar-refractivity contribution is 5.99. The molecule has 28 heavy (non-hydrogen) atoms. The highest BCUT2D eigenvalue weighted by Crippen LogP contribution is 2.32. The molecule has 2 aromatic heterocycles. The van der Waals surface area contributed by atoms with Crippen LogP contribution in [0.1, 0.15) is 28.4 Å². The Kier molecular flexibility index (Phi) is 5.57. The average Bonchev–Trinajstić information content (AvgIpc) is 3.22. The number of hydrogen-bond donors (Lipinski definition) is 2. The zero-order chi connectivity index (χ0) is 20.3. The zero-order valence-electron chi connectivity index (χ0n) is 15.7. The summed E-state index contributed by atoms with van der Waals surface area (Å²) in [7, 11) is 1.33. The second kappa shape index (κ2) is 8.07. The third-order valence-corrected chi connectivity index (χ3v) is 4.12. The number of anilines is 1. The van der Waals surface area contributed by atoms with Crippen molar-refractivity contribution in [3.63, 3.8) is 0 Å². The number of halogens is 1. The largest absolute Gasteiger partial charge is 0.494 e. The minimum atomic E-state index is -1.20. The van der Waals surface area contributed by atoms with Crippen LogP contribution in [0.3, 0.4) is 0 Å². The van der Waals surface area contributed by atoms with Crippen molar-refractivity contribution in [1.82, 2.24) is 19.9 Å². The van der Waals surface area contributed by atoms with Gasteiger partial charge in [-0.05, 0) is 38.5 Å². The van der Waals surface area contributed by atoms with E-state index in [0.717, 1.165) is 5.82 Å². The SMILES string of the molecule is COc1cc(-c2onc(NCCCn3nc(C)nc3C)c2C(=O)O)ccc1F. The minimum absolute atomic E-state index is 0.0155. The molecule has 148 valence electrons. The van der Waals surface area contributed by atoms with E-state index in [0.29, 0.717) is 30.9 Å². The van der Waals surface area contributed by atoms with Gasteiger partial charge in [0, 0.05) is 18.7 Å². The molecule has 0 atom stereocenters. The number of carbonyl (C=O) groups is 1. The van der Waals surface area contributed by atoms with E-state index in [1.165, 1.54) is 25.3 Å². The number of hydrogen-bond acceptors (Lipinski definition) is 7. The monoisotopic (exact) mass is 389 g/mol. The maximum atomic E-state index is 13.6. The molecule has 0 amide bonds. The van der Waals surface area contributed by atoms with E-state index >= 15 is 0 Å². The molecule has 3 aromatic rings. The van der Waals surface area contributed by atoms with Gasteiger partial charge in [0.25, 0.3) is 0 Å². The summed E-state index contributed by atoms with van der Waals surface area (Å²) in [4.78, 5) is 16.0. The first-order chi connectivity index (χ1) is 13.4. The molecular formula is C18H20FN5O4. The van der Waals surface area contributed by atoms with E-state index in [4.69, 9.17) is 9.26 Å². The van der Waals surface area contributed by atoms with Crippen molar-refractivity contribution in [3.05, 3.63) is 41.2 Å². The van der Waals surface area contributed by atoms with Crippen LogP contribution in [-0.4, -0.2) is 44.7 Å². The summed E-state index contributed by atoms with van der Waals surface area (Å²) in [5.74, 6) is -0.122. The van der Waals surface area contributed by atoms with Gasteiger partial charge in [0.05, 0.1) is 7.11 Å². The fraction of sp³-hybridized carbons (Fsp3) is 0.333. The van der Waals surface area contributed by atoms with Crippen molar-refractivity contribution in [2.45, 2.75) is 26.8 Å². The van der Waals surface area contributed by atoms with E-state index < -0.39 is 11.8 Å². The first kappa shape index (κ1) is 19.3. The number of aromatic nitrogens is 4. The normalized spacial score (nSPS) is 10.9. The van der Waals surface area contributed by atoms with Gasteiger partial charge in [0.1, 0.15) is 11.6 Å². The van der Waals surface area contributed by atoms with Crippen LogP contribution in [0.4, 0.5) is 10.2 Å². The summed E-state index contributed by atoms with van der Waals surface area (Å²) in [6.45, 7) is 4.78. The number of nitrogens with zero attached hydrogens (tertiary/aromatic N) is 4. The number of rotatable bonds is 8. The highest BCUT2D eigenvalue weighted by atomic mass is 19.1. The first-order valence-corrected chi connectivity index (χ1v) is 8.59. The van der Waals surface area contributed by atoms with Crippen molar-refractivity contribution in [3.8, 4) is 17.1 Å². The second-order valence-corrected chi connectivity index (χ2v) is 6.10. The lowest BCUT2D eigenvalue weighted by molar-refractivity contribution is 0.0698. The van der Waals surface area contributed by atoms with Crippen molar-refractivity contribution >= 4 is 11.8 Å². The van der Waals surface area contributed by atoms with Gasteiger partial charge in [-0.1, -0.05) is 5.16 Å². The number of methoxy groups -OCH3 is 1. The average molecular weight is 389 g/mol. The second-order valence-electron chi connectivity index (χ2n) is 6.10. The van der Waals surface area contributed by atoms with Crippen LogP contribution in [0.15, 0.2) is 22.7 Å². The van der Waals surface area contributed by atoms with Gasteiger partial charge in [0.2, 0.25) is 0 Å². The van der Waals surface area contributed by atoms with Gasteiger partial charge in [0.15, 0.2) is 28.7 Å². The first-order valence-electron chi connectivity index (χ1n) is 8.59. The maximum Gasteiger partial charge on any atom is 0.343 e. The summed E-state index contributed by atoms with van der Waals surface area (Å²) in [5.41, 5.74) is 0.228. The van der Waals surface area contributed by atoms with E-state index in [1.807, 2.05) is 13.8 Å². The lowest BCUT2D eigenvalue weighted by Gasteiger charge is -2.06. The molecule has 1 aromatic carbocycles. The van der Waals surface area contributed by atoms with Crippen molar-refractivity contribution in [2.24, 2.45) is 0 Å². The van der Waals surface area contributed by atoms with E-state index in [1.54, 1.807) is 4.68 Å². The Morgan fingerprint density at radius 3 is 2.82 bits per heavy atom. The van der Waals surface area contributed by atoms with Gasteiger partial charge in [-0.2, -0.15) is 5.10 Å². The molecule has 0 spiro atoms. The number of ether oxygens (including phenoxy) is 1. The predicted octanol–water partition coefficient (Wildman–Crippen LogP) is 2.90. The highest BCUT2D eigenvalue weighted by Gasteiger charge is 2.24. The molecule has 9 nitrogen and oxygen atoms in total. The third-order valence-electron chi connectivity index (χ3n) is 4.12. The molecule has 2 heterocycles. The summed E-state index contributed by atoms with van der Waals surface area (Å²) in [6.07, 6.45) is 0.676. The molecule has 3 rings (SSSR count). The Hall–Kier alpha value is -3.43. The van der Waals surface area contributed by atoms with Crippen LogP contribution in [0, 0.1) is 19.7 Å². The molecule has 0 aliphatic rings. The van der Waals surface area contributed by atoms with Gasteiger partial charge in [-0.15, -0.1) is 0 Å². The van der Waals surface area contributed by atoms with Crippen molar-refractivity contribution in [2.75, 3.05) is 19.0 Å². The smallest absolute Gasteiger partial charge is 0.343 e. The number of nitrogens with one attached hydrogen (secondary N) is 1. The lowest BCUT2D eigenvalue weighted by atomic mass is 10.1. The van der Waals surface area contributed by atoms with Crippen molar-refractivity contribution in [1.29, 1.82) is 0 Å². The van der Waals surface area contributed by atoms with Crippen LogP contribution in [0.25, 0.3) is 11.3 Å². The van der Waals surface area contributed by atoms with Crippen LogP contribution in [0.2, 0.25) is 0 Å². The molecule has 0 aliphatic carbocycles. The summed E-state index contributed by atoms with van der Waals surface area (Å²) >= 11 is 0. The van der Waals surface area contributed by atoms with E-state index in [-0.39, 0.29) is 22.9 Å². The Labute approximate surface area is 160 Å². The third kappa shape index (κ3) is 3.95. The number of carboxylic acids is 1. The molecule has 2 N–H and O–H groups in total. The Bertz CT molecular complexity index is 998. The molecular weight excluding hydrogens is 369 g/mol. The van der Waals surface area contributed by atoms with E-state index in [2.05, 4.69) is 20.6 Å². The minimum Gasteiger partial charge on any atom is -0.494 e. The number of aromatic carboxylic acids is 1. The van der Waals surface area contributed by atoms with Gasteiger partial charge in [-0.25, -0.2) is 14.2 Å². The number of benzene rings is 1. The van der Waals surface area contributed by atoms with E-state index in [9.17, 15) is 14.3 Å². The van der Waals surface area contributed by atoms with Crippen LogP contribution < -0.4 is 10.1 Å². The summed E-state index contributed by atoms with van der Waals surface area (Å²) < 4.78 is 25.6. The molecule has 0 saturated heterocycles. The van der Waals surface area contributed by atoms with Crippen LogP contribution in [0.5, 0.6) is 5.75 Å². The zero-order valence-corrected chi connectivity index (χ0v) is 15.7. The lowest BCUT2D eigenvalue weighted by Crippen LogP contribution is -2.11. The van der Waals surface area contributed by atoms with Crippen LogP contribution >= 0.6 is 0 Å². The number of carboxylic acid groups (broad SMARTS) is 1. The van der Waals surface area contributed by atoms with Gasteiger partial charge >= 0.3 is 5.97 Å². The molecule has 0 unspecified atom stereocenters. The molecule has 0 aliphatic heterocycles. The fourth-order valence-electron chi connectivity index (χ4n) is 2.82. The molecule has 0 saturated carbocycles. The van der Waals surface area contributed by atoms with Crippen molar-refractivity contribution < 1.29 is 23.6 Å². The fourth-order valence-corrected chi connectivity index (χ4v) is 2.82. The Morgan fingerprint density at radius 1 is 1.39 bits per heavy atom. The quantitative estimate of drug-likeness (QED) is 0.565. The summed E-state index contributed by atoms with van der Waals surface area (Å²) in [5, 5.41) is 20.6. The topological polar surface area (TPSA) is 115 Å². The maximum absolute atomic E-state index is 13.6. The number of aryl methyl sites for hydroxylation is 3. The molecule has 0 radical (unpaired) electrons. The van der Waals surface area contributed by atoms with Gasteiger partial charge in [-0.3, -0.25) is 4.68 Å². The standard InChI is InChI=1S/C18H20FN5O4/c1-10-21-11(2)24(22-10)8-4-7-20-17-15(18(25)26)16(28-23-17)12-5-6-13(19)14(9-12)27-3/h5-6,9H,4,7-8H2,1-3H3,(H,20,23)(H,25,26). The van der Waals surface area contributed by atoms with Crippen LogP contribution in [-0.2, 0) is 6.54 Å². The molecule has 0 fully saturated rings. The summed E-state index contributed by atoms with van der Waals surface area (Å²) in [6, 6.07) is 3.95. The van der Waals surface area contributed by atoms with Gasteiger partial charge < -0.3 is 19.7 Å². The predicted molar refractivity (Wildman–Crippen MR) is 98.0 cm³/mol. The Morgan fingerprint density at radius 2 is 2.18 bits per heavy atom. The molecule has 0 bridgehead atoms. The Balaban J connectivity index is 1.74.